The van der Waals surface area contributed by atoms with E-state index >= 15 is 0 Å². The van der Waals surface area contributed by atoms with E-state index in [-0.39, 0.29) is 12.4 Å². The zero-order chi connectivity index (χ0) is 16.3. The molecule has 1 aromatic rings. The predicted molar refractivity (Wildman–Crippen MR) is 60.6 cm³/mol. The van der Waals surface area contributed by atoms with Crippen molar-refractivity contribution in [2.24, 2.45) is 5.92 Å². The van der Waals surface area contributed by atoms with Gasteiger partial charge in [0.25, 0.3) is 0 Å². The van der Waals surface area contributed by atoms with Crippen molar-refractivity contribution in [3.05, 3.63) is 24.0 Å². The lowest BCUT2D eigenvalue weighted by atomic mass is 9.95. The third kappa shape index (κ3) is 4.76. The van der Waals surface area contributed by atoms with Crippen molar-refractivity contribution < 1.29 is 36.2 Å². The maximum atomic E-state index is 12.5. The zero-order valence-electron chi connectivity index (χ0n) is 10.9. The fraction of sp³-hybridized carbons (Fsp3) is 0.583. The molecule has 0 saturated carbocycles. The molecule has 1 atom stereocenters. The summed E-state index contributed by atoms with van der Waals surface area (Å²) in [6.45, 7) is 2.00. The third-order valence-electron chi connectivity index (χ3n) is 2.57. The average Bonchev–Trinajstić information content (AvgIpc) is 2.33. The van der Waals surface area contributed by atoms with Crippen LogP contribution in [0.5, 0.6) is 5.75 Å². The minimum Gasteiger partial charge on any atom is -0.492 e. The summed E-state index contributed by atoms with van der Waals surface area (Å²) in [6.07, 6.45) is -11.6. The molecule has 0 radical (unpaired) electrons. The minimum absolute atomic E-state index is 0.00324. The van der Waals surface area contributed by atoms with E-state index in [1.807, 2.05) is 0 Å². The van der Waals surface area contributed by atoms with E-state index in [0.29, 0.717) is 6.42 Å². The van der Waals surface area contributed by atoms with Gasteiger partial charge in [-0.05, 0) is 12.5 Å². The Morgan fingerprint density at radius 3 is 2.19 bits per heavy atom. The smallest absolute Gasteiger partial charge is 0.403 e. The molecule has 1 rings (SSSR count). The number of pyridine rings is 1. The van der Waals surface area contributed by atoms with E-state index in [2.05, 4.69) is 4.98 Å². The van der Waals surface area contributed by atoms with Gasteiger partial charge in [-0.1, -0.05) is 6.92 Å². The quantitative estimate of drug-likeness (QED) is 0.843. The first-order chi connectivity index (χ1) is 9.57. The van der Waals surface area contributed by atoms with Crippen molar-refractivity contribution in [1.82, 2.24) is 4.98 Å². The molecule has 1 N–H and O–H groups in total. The van der Waals surface area contributed by atoms with Crippen molar-refractivity contribution >= 4 is 0 Å². The monoisotopic (exact) mass is 317 g/mol. The number of alkyl halides is 6. The molecule has 120 valence electrons. The summed E-state index contributed by atoms with van der Waals surface area (Å²) >= 11 is 0. The van der Waals surface area contributed by atoms with Gasteiger partial charge >= 0.3 is 12.4 Å². The van der Waals surface area contributed by atoms with E-state index in [1.54, 1.807) is 6.92 Å². The molecule has 0 aromatic carbocycles. The maximum Gasteiger partial charge on any atom is 0.403 e. The van der Waals surface area contributed by atoms with Gasteiger partial charge in [0, 0.05) is 11.8 Å². The number of hydrogen-bond donors (Lipinski definition) is 1. The van der Waals surface area contributed by atoms with Gasteiger partial charge in [0.05, 0.1) is 12.8 Å². The van der Waals surface area contributed by atoms with Crippen LogP contribution < -0.4 is 4.74 Å². The van der Waals surface area contributed by atoms with Crippen LogP contribution in [0.2, 0.25) is 0 Å². The highest BCUT2D eigenvalue weighted by Crippen LogP contribution is 2.46. The molecule has 0 spiro atoms. The van der Waals surface area contributed by atoms with E-state index in [4.69, 9.17) is 4.74 Å². The first-order valence-corrected chi connectivity index (χ1v) is 5.96. The van der Waals surface area contributed by atoms with E-state index in [1.165, 1.54) is 0 Å². The molecule has 21 heavy (non-hydrogen) atoms. The second-order valence-electron chi connectivity index (χ2n) is 4.31. The topological polar surface area (TPSA) is 42.4 Å². The Morgan fingerprint density at radius 2 is 1.71 bits per heavy atom. The molecular weight excluding hydrogens is 304 g/mol. The Labute approximate surface area is 116 Å². The lowest BCUT2D eigenvalue weighted by Gasteiger charge is -2.27. The van der Waals surface area contributed by atoms with Gasteiger partial charge in [-0.3, -0.25) is 4.98 Å². The van der Waals surface area contributed by atoms with Crippen LogP contribution in [0.1, 0.15) is 25.0 Å². The van der Waals surface area contributed by atoms with Crippen LogP contribution in [0.4, 0.5) is 26.3 Å². The number of ether oxygens (including phenoxy) is 1. The fourth-order valence-corrected chi connectivity index (χ4v) is 1.63. The van der Waals surface area contributed by atoms with Crippen LogP contribution in [0.25, 0.3) is 0 Å². The van der Waals surface area contributed by atoms with Gasteiger partial charge in [-0.15, -0.1) is 0 Å². The Kier molecular flexibility index (Phi) is 5.43. The normalized spacial score (nSPS) is 14.3. The Bertz CT molecular complexity index is 446. The van der Waals surface area contributed by atoms with Gasteiger partial charge in [-0.25, -0.2) is 0 Å². The van der Waals surface area contributed by atoms with E-state index < -0.39 is 29.9 Å². The van der Waals surface area contributed by atoms with Crippen LogP contribution in [0.3, 0.4) is 0 Å². The summed E-state index contributed by atoms with van der Waals surface area (Å²) in [5.41, 5.74) is -0.608. The van der Waals surface area contributed by atoms with Crippen LogP contribution in [-0.4, -0.2) is 29.0 Å². The average molecular weight is 317 g/mol. The number of aromatic nitrogens is 1. The van der Waals surface area contributed by atoms with Crippen molar-refractivity contribution in [2.45, 2.75) is 31.8 Å². The first kappa shape index (κ1) is 17.5. The summed E-state index contributed by atoms with van der Waals surface area (Å²) in [6, 6.07) is 0.914. The highest BCUT2D eigenvalue weighted by molar-refractivity contribution is 5.26. The molecule has 1 aromatic heterocycles. The van der Waals surface area contributed by atoms with Gasteiger partial charge < -0.3 is 9.84 Å². The minimum atomic E-state index is -5.63. The number of aliphatic hydroxyl groups excluding tert-OH is 1. The lowest BCUT2D eigenvalue weighted by Crippen LogP contribution is -2.40. The Hall–Kier alpha value is -1.51. The zero-order valence-corrected chi connectivity index (χ0v) is 10.9. The van der Waals surface area contributed by atoms with Gasteiger partial charge in [0.2, 0.25) is 0 Å². The molecule has 0 bridgehead atoms. The highest BCUT2D eigenvalue weighted by Gasteiger charge is 2.60. The standard InChI is InChI=1S/C12H13F6NO2/c1-2-3-21-8-4-7(5-19-6-8)9(20)10(11(13,14)15)12(16,17)18/h4-6,9-10,20H,2-3H2,1H3. The van der Waals surface area contributed by atoms with Gasteiger partial charge in [0.1, 0.15) is 11.9 Å². The summed E-state index contributed by atoms with van der Waals surface area (Å²) in [5, 5.41) is 9.47. The molecule has 0 aliphatic carbocycles. The number of rotatable bonds is 5. The lowest BCUT2D eigenvalue weighted by molar-refractivity contribution is -0.307. The molecule has 0 amide bonds. The summed E-state index contributed by atoms with van der Waals surface area (Å²) < 4.78 is 80.2. The number of nitrogens with zero attached hydrogens (tertiary/aromatic N) is 1. The molecule has 1 heterocycles. The summed E-state index contributed by atoms with van der Waals surface area (Å²) in [7, 11) is 0. The third-order valence-corrected chi connectivity index (χ3v) is 2.57. The molecule has 0 aliphatic heterocycles. The molecule has 9 heteroatoms. The molecule has 1 unspecified atom stereocenters. The summed E-state index contributed by atoms with van der Waals surface area (Å²) in [4.78, 5) is 3.49. The van der Waals surface area contributed by atoms with Crippen LogP contribution >= 0.6 is 0 Å². The maximum absolute atomic E-state index is 12.5. The van der Waals surface area contributed by atoms with Crippen molar-refractivity contribution in [1.29, 1.82) is 0 Å². The molecule has 3 nitrogen and oxygen atoms in total. The van der Waals surface area contributed by atoms with E-state index in [0.717, 1.165) is 18.5 Å². The molecule has 0 fully saturated rings. The van der Waals surface area contributed by atoms with Crippen molar-refractivity contribution in [3.63, 3.8) is 0 Å². The first-order valence-electron chi connectivity index (χ1n) is 5.96. The van der Waals surface area contributed by atoms with E-state index in [9.17, 15) is 31.4 Å². The SMILES string of the molecule is CCCOc1cncc(C(O)C(C(F)(F)F)C(F)(F)F)c1. The second kappa shape index (κ2) is 6.50. The molecular formula is C12H13F6NO2. The molecule has 0 aliphatic rings. The van der Waals surface area contributed by atoms with Crippen LogP contribution in [0.15, 0.2) is 18.5 Å². The second-order valence-corrected chi connectivity index (χ2v) is 4.31. The molecule has 0 saturated heterocycles. The highest BCUT2D eigenvalue weighted by atomic mass is 19.4. The van der Waals surface area contributed by atoms with Crippen molar-refractivity contribution in [3.8, 4) is 5.75 Å². The van der Waals surface area contributed by atoms with Crippen molar-refractivity contribution in [2.75, 3.05) is 6.61 Å². The predicted octanol–water partition coefficient (Wildman–Crippen LogP) is 3.64. The van der Waals surface area contributed by atoms with Gasteiger partial charge in [-0.2, -0.15) is 26.3 Å². The number of aliphatic hydroxyl groups is 1. The largest absolute Gasteiger partial charge is 0.492 e. The fourth-order valence-electron chi connectivity index (χ4n) is 1.63. The number of halogens is 6. The summed E-state index contributed by atoms with van der Waals surface area (Å²) in [5.74, 6) is -3.88. The Balaban J connectivity index is 3.07. The number of hydrogen-bond acceptors (Lipinski definition) is 3. The van der Waals surface area contributed by atoms with Gasteiger partial charge in [0.15, 0.2) is 5.92 Å². The van der Waals surface area contributed by atoms with Crippen LogP contribution in [0, 0.1) is 5.92 Å². The Morgan fingerprint density at radius 1 is 1.14 bits per heavy atom. The van der Waals surface area contributed by atoms with Crippen LogP contribution in [-0.2, 0) is 0 Å².